The molecule has 0 fully saturated rings. The van der Waals surface area contributed by atoms with Gasteiger partial charge in [0.15, 0.2) is 0 Å². The lowest BCUT2D eigenvalue weighted by Gasteiger charge is -2.31. The van der Waals surface area contributed by atoms with E-state index in [1.807, 2.05) is 30.3 Å². The van der Waals surface area contributed by atoms with Crippen LogP contribution in [0.4, 0.5) is 0 Å². The molecule has 1 aromatic rings. The van der Waals surface area contributed by atoms with Crippen LogP contribution in [0.1, 0.15) is 18.9 Å². The number of benzene rings is 1. The summed E-state index contributed by atoms with van der Waals surface area (Å²) in [6.45, 7) is 1.79. The monoisotopic (exact) mass is 301 g/mol. The van der Waals surface area contributed by atoms with Gasteiger partial charge in [-0.25, -0.2) is 0 Å². The van der Waals surface area contributed by atoms with Crippen LogP contribution in [0.15, 0.2) is 42.6 Å². The molecule has 116 valence electrons. The number of Topliss-reactive ketones (excluding diaryl/α,β-unsaturated/α-hetero) is 1. The summed E-state index contributed by atoms with van der Waals surface area (Å²) in [6, 6.07) is 9.54. The quantitative estimate of drug-likeness (QED) is 0.616. The molecular formula is C17H19NO4. The number of amides is 1. The van der Waals surface area contributed by atoms with Gasteiger partial charge in [0.1, 0.15) is 11.7 Å². The third-order valence-corrected chi connectivity index (χ3v) is 3.75. The molecule has 1 aliphatic heterocycles. The second-order valence-electron chi connectivity index (χ2n) is 5.33. The summed E-state index contributed by atoms with van der Waals surface area (Å²) in [4.78, 5) is 37.4. The van der Waals surface area contributed by atoms with Crippen LogP contribution in [-0.4, -0.2) is 29.7 Å². The van der Waals surface area contributed by atoms with Crippen molar-refractivity contribution in [1.82, 2.24) is 4.90 Å². The lowest BCUT2D eigenvalue weighted by atomic mass is 9.83. The molecule has 22 heavy (non-hydrogen) atoms. The fourth-order valence-corrected chi connectivity index (χ4v) is 2.61. The van der Waals surface area contributed by atoms with Gasteiger partial charge in [0.05, 0.1) is 20.1 Å². The number of hydrogen-bond donors (Lipinski definition) is 0. The first-order chi connectivity index (χ1) is 10.5. The van der Waals surface area contributed by atoms with Gasteiger partial charge in [-0.15, -0.1) is 0 Å². The standard InChI is InChI=1S/C17H19NO4/c1-12(19)16-14(10-15(20)22-2)8-9-18(17(16)21)11-13-6-4-3-5-7-13/h3-9,14,16H,10-11H2,1-2H3/t14-,16-/m1/s1. The smallest absolute Gasteiger partial charge is 0.306 e. The van der Waals surface area contributed by atoms with Crippen LogP contribution in [0.5, 0.6) is 0 Å². The summed E-state index contributed by atoms with van der Waals surface area (Å²) in [5, 5.41) is 0. The molecule has 2 atom stereocenters. The maximum atomic E-state index is 12.6. The largest absolute Gasteiger partial charge is 0.469 e. The minimum absolute atomic E-state index is 0.0299. The Balaban J connectivity index is 2.18. The van der Waals surface area contributed by atoms with Crippen molar-refractivity contribution in [3.8, 4) is 0 Å². The maximum absolute atomic E-state index is 12.6. The van der Waals surface area contributed by atoms with E-state index >= 15 is 0 Å². The van der Waals surface area contributed by atoms with E-state index < -0.39 is 17.8 Å². The number of allylic oxidation sites excluding steroid dienone is 1. The lowest BCUT2D eigenvalue weighted by molar-refractivity contribution is -0.145. The van der Waals surface area contributed by atoms with Crippen LogP contribution >= 0.6 is 0 Å². The summed E-state index contributed by atoms with van der Waals surface area (Å²) >= 11 is 0. The Hall–Kier alpha value is -2.43. The number of carbonyl (C=O) groups is 3. The molecule has 0 unspecified atom stereocenters. The Labute approximate surface area is 129 Å². The highest BCUT2D eigenvalue weighted by Crippen LogP contribution is 2.27. The number of ether oxygens (including phenoxy) is 1. The molecule has 5 nitrogen and oxygen atoms in total. The van der Waals surface area contributed by atoms with Crippen LogP contribution in [0.2, 0.25) is 0 Å². The van der Waals surface area contributed by atoms with Crippen LogP contribution in [0.25, 0.3) is 0 Å². The van der Waals surface area contributed by atoms with Gasteiger partial charge in [-0.2, -0.15) is 0 Å². The Morgan fingerprint density at radius 2 is 1.91 bits per heavy atom. The van der Waals surface area contributed by atoms with E-state index in [2.05, 4.69) is 4.74 Å². The number of carbonyl (C=O) groups excluding carboxylic acids is 3. The molecule has 1 amide bonds. The fraction of sp³-hybridized carbons (Fsp3) is 0.353. The highest BCUT2D eigenvalue weighted by atomic mass is 16.5. The van der Waals surface area contributed by atoms with Crippen molar-refractivity contribution in [2.45, 2.75) is 19.9 Å². The van der Waals surface area contributed by atoms with Crippen molar-refractivity contribution < 1.29 is 19.1 Å². The molecule has 0 N–H and O–H groups in total. The summed E-state index contributed by atoms with van der Waals surface area (Å²) < 4.78 is 4.63. The van der Waals surface area contributed by atoms with Crippen molar-refractivity contribution in [2.75, 3.05) is 7.11 Å². The molecule has 0 aromatic heterocycles. The lowest BCUT2D eigenvalue weighted by Crippen LogP contribution is -2.42. The Kier molecular flexibility index (Phi) is 5.09. The average Bonchev–Trinajstić information content (AvgIpc) is 2.50. The molecule has 1 aliphatic rings. The van der Waals surface area contributed by atoms with Crippen molar-refractivity contribution >= 4 is 17.7 Å². The van der Waals surface area contributed by atoms with Gasteiger partial charge < -0.3 is 9.64 Å². The highest BCUT2D eigenvalue weighted by molar-refractivity contribution is 6.02. The summed E-state index contributed by atoms with van der Waals surface area (Å²) in [5.41, 5.74) is 0.981. The topological polar surface area (TPSA) is 63.7 Å². The van der Waals surface area contributed by atoms with E-state index in [9.17, 15) is 14.4 Å². The van der Waals surface area contributed by atoms with Crippen molar-refractivity contribution in [1.29, 1.82) is 0 Å². The van der Waals surface area contributed by atoms with Gasteiger partial charge in [0.2, 0.25) is 5.91 Å². The molecule has 0 spiro atoms. The molecule has 1 aromatic carbocycles. The third kappa shape index (κ3) is 3.61. The van der Waals surface area contributed by atoms with Crippen LogP contribution in [0.3, 0.4) is 0 Å². The Morgan fingerprint density at radius 1 is 1.23 bits per heavy atom. The minimum Gasteiger partial charge on any atom is -0.469 e. The highest BCUT2D eigenvalue weighted by Gasteiger charge is 2.37. The summed E-state index contributed by atoms with van der Waals surface area (Å²) in [5.74, 6) is -2.20. The van der Waals surface area contributed by atoms with E-state index in [1.54, 1.807) is 12.3 Å². The number of nitrogens with zero attached hydrogens (tertiary/aromatic N) is 1. The zero-order chi connectivity index (χ0) is 16.1. The van der Waals surface area contributed by atoms with Crippen molar-refractivity contribution in [3.05, 3.63) is 48.2 Å². The first-order valence-corrected chi connectivity index (χ1v) is 7.13. The van der Waals surface area contributed by atoms with E-state index in [4.69, 9.17) is 0 Å². The average molecular weight is 301 g/mol. The first kappa shape index (κ1) is 15.9. The summed E-state index contributed by atoms with van der Waals surface area (Å²) in [6.07, 6.45) is 3.43. The molecule has 2 rings (SSSR count). The molecule has 0 bridgehead atoms. The molecular weight excluding hydrogens is 282 g/mol. The SMILES string of the molecule is COC(=O)C[C@H]1C=CN(Cc2ccccc2)C(=O)[C@@H]1C(C)=O. The predicted octanol–water partition coefficient (Wildman–Crippen LogP) is 1.93. The van der Waals surface area contributed by atoms with Gasteiger partial charge in [-0.1, -0.05) is 36.4 Å². The molecule has 0 aliphatic carbocycles. The first-order valence-electron chi connectivity index (χ1n) is 7.13. The van der Waals surface area contributed by atoms with Gasteiger partial charge >= 0.3 is 5.97 Å². The maximum Gasteiger partial charge on any atom is 0.306 e. The minimum atomic E-state index is -0.826. The number of hydrogen-bond acceptors (Lipinski definition) is 4. The van der Waals surface area contributed by atoms with Crippen molar-refractivity contribution in [2.24, 2.45) is 11.8 Å². The van der Waals surface area contributed by atoms with E-state index in [1.165, 1.54) is 18.9 Å². The Bertz CT molecular complexity index is 594. The third-order valence-electron chi connectivity index (χ3n) is 3.75. The number of ketones is 1. The zero-order valence-corrected chi connectivity index (χ0v) is 12.7. The van der Waals surface area contributed by atoms with E-state index in [-0.39, 0.29) is 18.1 Å². The van der Waals surface area contributed by atoms with E-state index in [0.717, 1.165) is 5.56 Å². The second-order valence-corrected chi connectivity index (χ2v) is 5.33. The van der Waals surface area contributed by atoms with Crippen LogP contribution < -0.4 is 0 Å². The molecule has 5 heteroatoms. The Morgan fingerprint density at radius 3 is 2.50 bits per heavy atom. The van der Waals surface area contributed by atoms with Gasteiger partial charge in [-0.3, -0.25) is 14.4 Å². The zero-order valence-electron chi connectivity index (χ0n) is 12.7. The van der Waals surface area contributed by atoms with E-state index in [0.29, 0.717) is 6.54 Å². The normalized spacial score (nSPS) is 20.8. The number of methoxy groups -OCH3 is 1. The van der Waals surface area contributed by atoms with Gasteiger partial charge in [0.25, 0.3) is 0 Å². The predicted molar refractivity (Wildman–Crippen MR) is 80.4 cm³/mol. The fourth-order valence-electron chi connectivity index (χ4n) is 2.61. The van der Waals surface area contributed by atoms with Gasteiger partial charge in [0, 0.05) is 12.1 Å². The number of rotatable bonds is 5. The second kappa shape index (κ2) is 7.02. The van der Waals surface area contributed by atoms with Crippen LogP contribution in [0, 0.1) is 11.8 Å². The molecule has 0 radical (unpaired) electrons. The molecule has 0 saturated heterocycles. The number of esters is 1. The van der Waals surface area contributed by atoms with Gasteiger partial charge in [-0.05, 0) is 12.5 Å². The molecule has 1 heterocycles. The van der Waals surface area contributed by atoms with Crippen molar-refractivity contribution in [3.63, 3.8) is 0 Å². The summed E-state index contributed by atoms with van der Waals surface area (Å²) in [7, 11) is 1.29. The molecule has 0 saturated carbocycles. The van der Waals surface area contributed by atoms with Crippen LogP contribution in [-0.2, 0) is 25.7 Å².